The molecule has 4 nitrogen and oxygen atoms in total. The standard InChI is InChI=1S/C12H15N2O2/c1-10(15)13-6-8-14(9-7-13)11-2-4-12(16)5-3-11/h2-5H,6-9H2,1H3/q+1. The van der Waals surface area contributed by atoms with Gasteiger partial charge in [0.1, 0.15) is 0 Å². The molecule has 0 spiro atoms. The predicted molar refractivity (Wildman–Crippen MR) is 60.5 cm³/mol. The zero-order valence-electron chi connectivity index (χ0n) is 9.35. The van der Waals surface area contributed by atoms with E-state index >= 15 is 0 Å². The molecule has 4 heteroatoms. The Morgan fingerprint density at radius 3 is 2.25 bits per heavy atom. The number of amides is 1. The van der Waals surface area contributed by atoms with E-state index in [0.717, 1.165) is 31.9 Å². The van der Waals surface area contributed by atoms with Crippen LogP contribution in [-0.4, -0.2) is 53.1 Å². The van der Waals surface area contributed by atoms with Crippen molar-refractivity contribution in [2.45, 2.75) is 6.92 Å². The maximum absolute atomic E-state index is 11.2. The molecule has 84 valence electrons. The Morgan fingerprint density at radius 2 is 1.75 bits per heavy atom. The fourth-order valence-corrected chi connectivity index (χ4v) is 1.94. The van der Waals surface area contributed by atoms with Gasteiger partial charge in [0, 0.05) is 19.1 Å². The van der Waals surface area contributed by atoms with Gasteiger partial charge >= 0.3 is 0 Å². The molecule has 0 aromatic rings. The van der Waals surface area contributed by atoms with E-state index in [1.807, 2.05) is 17.1 Å². The molecular weight excluding hydrogens is 204 g/mol. The third-order valence-electron chi connectivity index (χ3n) is 2.93. The van der Waals surface area contributed by atoms with Crippen molar-refractivity contribution >= 4 is 17.4 Å². The molecule has 2 aliphatic rings. The lowest BCUT2D eigenvalue weighted by Crippen LogP contribution is -2.45. The highest BCUT2D eigenvalue weighted by Gasteiger charge is 2.22. The van der Waals surface area contributed by atoms with Crippen molar-refractivity contribution in [2.24, 2.45) is 0 Å². The lowest BCUT2D eigenvalue weighted by atomic mass is 10.1. The molecule has 1 aliphatic carbocycles. The van der Waals surface area contributed by atoms with Crippen LogP contribution >= 0.6 is 0 Å². The summed E-state index contributed by atoms with van der Waals surface area (Å²) in [6.45, 7) is 4.78. The Kier molecular flexibility index (Phi) is 2.99. The largest absolute Gasteiger partial charge is 0.330 e. The van der Waals surface area contributed by atoms with Crippen molar-refractivity contribution in [2.75, 3.05) is 26.2 Å². The van der Waals surface area contributed by atoms with E-state index in [0.29, 0.717) is 0 Å². The van der Waals surface area contributed by atoms with Crippen molar-refractivity contribution in [3.63, 3.8) is 0 Å². The van der Waals surface area contributed by atoms with Crippen LogP contribution in [-0.2, 0) is 9.59 Å². The lowest BCUT2D eigenvalue weighted by Gasteiger charge is -2.24. The smallest absolute Gasteiger partial charge is 0.219 e. The van der Waals surface area contributed by atoms with Gasteiger partial charge in [-0.3, -0.25) is 9.59 Å². The summed E-state index contributed by atoms with van der Waals surface area (Å²) in [6, 6.07) is 0. The lowest BCUT2D eigenvalue weighted by molar-refractivity contribution is -0.536. The van der Waals surface area contributed by atoms with Crippen LogP contribution in [0.2, 0.25) is 0 Å². The van der Waals surface area contributed by atoms with Gasteiger partial charge in [-0.15, -0.1) is 0 Å². The highest BCUT2D eigenvalue weighted by atomic mass is 16.2. The van der Waals surface area contributed by atoms with Crippen LogP contribution in [0.15, 0.2) is 24.3 Å². The van der Waals surface area contributed by atoms with Gasteiger partial charge in [0.25, 0.3) is 0 Å². The Balaban J connectivity index is 2.06. The molecular formula is C12H15N2O2+. The maximum atomic E-state index is 11.2. The first-order valence-corrected chi connectivity index (χ1v) is 5.44. The number of carbonyl (C=O) groups excluding carboxylic acids is 2. The molecule has 1 heterocycles. The normalized spacial score (nSPS) is 20.6. The summed E-state index contributed by atoms with van der Waals surface area (Å²) in [5.41, 5.74) is 1.06. The predicted octanol–water partition coefficient (Wildman–Crippen LogP) is -0.00290. The first-order valence-electron chi connectivity index (χ1n) is 5.44. The second kappa shape index (κ2) is 4.43. The molecule has 0 radical (unpaired) electrons. The minimum atomic E-state index is 0.0334. The zero-order valence-corrected chi connectivity index (χ0v) is 9.35. The van der Waals surface area contributed by atoms with Gasteiger partial charge in [-0.05, 0) is 12.2 Å². The first kappa shape index (κ1) is 10.8. The molecule has 0 N–H and O–H groups in total. The second-order valence-electron chi connectivity index (χ2n) is 3.99. The molecule has 1 saturated heterocycles. The summed E-state index contributed by atoms with van der Waals surface area (Å²) in [5, 5.41) is 0. The van der Waals surface area contributed by atoms with Crippen LogP contribution in [0.3, 0.4) is 0 Å². The number of nitrogens with zero attached hydrogens (tertiary/aromatic N) is 2. The number of hydrogen-bond acceptors (Lipinski definition) is 2. The van der Waals surface area contributed by atoms with Gasteiger partial charge in [0.05, 0.1) is 13.1 Å². The Bertz CT molecular complexity index is 391. The van der Waals surface area contributed by atoms with Crippen molar-refractivity contribution in [1.82, 2.24) is 4.90 Å². The van der Waals surface area contributed by atoms with Crippen molar-refractivity contribution in [3.8, 4) is 0 Å². The van der Waals surface area contributed by atoms with Crippen molar-refractivity contribution in [3.05, 3.63) is 24.3 Å². The molecule has 0 aromatic heterocycles. The summed E-state index contributed by atoms with van der Waals surface area (Å²) in [5.74, 6) is 0.167. The Morgan fingerprint density at radius 1 is 1.19 bits per heavy atom. The maximum Gasteiger partial charge on any atom is 0.219 e. The van der Waals surface area contributed by atoms with Crippen LogP contribution in [0.5, 0.6) is 0 Å². The molecule has 2 rings (SSSR count). The van der Waals surface area contributed by atoms with Gasteiger partial charge in [-0.25, -0.2) is 4.58 Å². The van der Waals surface area contributed by atoms with Gasteiger partial charge in [-0.2, -0.15) is 0 Å². The first-order chi connectivity index (χ1) is 7.66. The average molecular weight is 219 g/mol. The summed E-state index contributed by atoms with van der Waals surface area (Å²) >= 11 is 0. The molecule has 16 heavy (non-hydrogen) atoms. The third kappa shape index (κ3) is 2.27. The summed E-state index contributed by atoms with van der Waals surface area (Å²) in [7, 11) is 0. The van der Waals surface area contributed by atoms with Crippen LogP contribution in [0, 0.1) is 0 Å². The van der Waals surface area contributed by atoms with E-state index in [1.54, 1.807) is 19.1 Å². The molecule has 0 saturated carbocycles. The topological polar surface area (TPSA) is 40.4 Å². The van der Waals surface area contributed by atoms with Crippen LogP contribution in [0.4, 0.5) is 0 Å². The number of ketones is 1. The number of piperazine rings is 1. The molecule has 1 aliphatic heterocycles. The van der Waals surface area contributed by atoms with Crippen LogP contribution in [0.25, 0.3) is 0 Å². The highest BCUT2D eigenvalue weighted by Crippen LogP contribution is 2.02. The third-order valence-corrected chi connectivity index (χ3v) is 2.93. The quantitative estimate of drug-likeness (QED) is 0.425. The number of hydrogen-bond donors (Lipinski definition) is 0. The number of allylic oxidation sites excluding steroid dienone is 4. The molecule has 0 aromatic carbocycles. The Labute approximate surface area is 94.6 Å². The second-order valence-corrected chi connectivity index (χ2v) is 3.99. The summed E-state index contributed by atoms with van der Waals surface area (Å²) in [6.07, 6.45) is 6.83. The van der Waals surface area contributed by atoms with E-state index in [4.69, 9.17) is 0 Å². The molecule has 0 bridgehead atoms. The van der Waals surface area contributed by atoms with E-state index in [1.165, 1.54) is 0 Å². The minimum Gasteiger partial charge on any atom is -0.330 e. The zero-order chi connectivity index (χ0) is 11.5. The van der Waals surface area contributed by atoms with E-state index < -0.39 is 0 Å². The molecule has 0 atom stereocenters. The molecule has 0 unspecified atom stereocenters. The number of rotatable bonds is 0. The van der Waals surface area contributed by atoms with Crippen molar-refractivity contribution < 1.29 is 14.2 Å². The number of carbonyl (C=O) groups is 2. The molecule has 1 fully saturated rings. The van der Waals surface area contributed by atoms with Crippen LogP contribution < -0.4 is 0 Å². The minimum absolute atomic E-state index is 0.0334. The van der Waals surface area contributed by atoms with Gasteiger partial charge in [0.15, 0.2) is 24.6 Å². The molecule has 1 amide bonds. The monoisotopic (exact) mass is 219 g/mol. The van der Waals surface area contributed by atoms with Gasteiger partial charge < -0.3 is 4.90 Å². The Hall–Kier alpha value is -1.71. The van der Waals surface area contributed by atoms with E-state index in [2.05, 4.69) is 4.58 Å². The SMILES string of the molecule is CC(=O)N1CC[N+](=C2C=CC(=O)C=C2)CC1. The fraction of sp³-hybridized carbons (Fsp3) is 0.417. The van der Waals surface area contributed by atoms with E-state index in [9.17, 15) is 9.59 Å². The van der Waals surface area contributed by atoms with Gasteiger partial charge in [0.2, 0.25) is 5.91 Å². The summed E-state index contributed by atoms with van der Waals surface area (Å²) < 4.78 is 2.19. The summed E-state index contributed by atoms with van der Waals surface area (Å²) in [4.78, 5) is 24.0. The van der Waals surface area contributed by atoms with Gasteiger partial charge in [-0.1, -0.05) is 0 Å². The van der Waals surface area contributed by atoms with Crippen molar-refractivity contribution in [1.29, 1.82) is 0 Å². The van der Waals surface area contributed by atoms with Crippen LogP contribution in [0.1, 0.15) is 6.92 Å². The van der Waals surface area contributed by atoms with E-state index in [-0.39, 0.29) is 11.7 Å². The highest BCUT2D eigenvalue weighted by molar-refractivity contribution is 6.14. The fourth-order valence-electron chi connectivity index (χ4n) is 1.94. The average Bonchev–Trinajstić information content (AvgIpc) is 2.30.